The lowest BCUT2D eigenvalue weighted by Crippen LogP contribution is -2.35. The average Bonchev–Trinajstić information content (AvgIpc) is 2.46. The molecule has 0 spiro atoms. The van der Waals surface area contributed by atoms with E-state index < -0.39 is 11.9 Å². The average molecular weight is 304 g/mol. The Hall–Kier alpha value is -0.910. The molecule has 1 aromatic rings. The van der Waals surface area contributed by atoms with Crippen LogP contribution in [0.15, 0.2) is 18.2 Å². The van der Waals surface area contributed by atoms with Crippen molar-refractivity contribution >= 4 is 17.6 Å². The van der Waals surface area contributed by atoms with E-state index in [4.69, 9.17) is 0 Å². The van der Waals surface area contributed by atoms with Crippen LogP contribution in [-0.4, -0.2) is 22.5 Å². The number of rotatable bonds is 4. The van der Waals surface area contributed by atoms with Gasteiger partial charge in [0.05, 0.1) is 0 Å². The molecule has 1 aromatic heterocycles. The molecule has 112 valence electrons. The Labute approximate surface area is 121 Å². The monoisotopic (exact) mass is 304 g/mol. The predicted molar refractivity (Wildman–Crippen MR) is 77.1 cm³/mol. The molecule has 1 aliphatic rings. The Kier molecular flexibility index (Phi) is 4.83. The molecule has 0 aliphatic heterocycles. The molecule has 1 fully saturated rings. The number of nitrogens with one attached hydrogen (secondary N) is 1. The van der Waals surface area contributed by atoms with E-state index in [0.29, 0.717) is 12.4 Å². The number of alkyl halides is 3. The van der Waals surface area contributed by atoms with Crippen molar-refractivity contribution in [2.45, 2.75) is 43.0 Å². The Morgan fingerprint density at radius 1 is 1.25 bits per heavy atom. The van der Waals surface area contributed by atoms with Crippen LogP contribution in [0.3, 0.4) is 0 Å². The van der Waals surface area contributed by atoms with Gasteiger partial charge in [0.1, 0.15) is 11.5 Å². The zero-order valence-corrected chi connectivity index (χ0v) is 12.3. The lowest BCUT2D eigenvalue weighted by molar-refractivity contribution is -0.141. The molecule has 1 heterocycles. The van der Waals surface area contributed by atoms with Crippen molar-refractivity contribution in [3.63, 3.8) is 0 Å². The molecule has 20 heavy (non-hydrogen) atoms. The highest BCUT2D eigenvalue weighted by molar-refractivity contribution is 8.00. The van der Waals surface area contributed by atoms with Crippen molar-refractivity contribution in [3.05, 3.63) is 23.9 Å². The largest absolute Gasteiger partial charge is 0.433 e. The van der Waals surface area contributed by atoms with E-state index in [1.165, 1.54) is 25.3 Å². The Morgan fingerprint density at radius 3 is 2.55 bits per heavy atom. The van der Waals surface area contributed by atoms with Gasteiger partial charge in [-0.25, -0.2) is 4.98 Å². The maximum absolute atomic E-state index is 12.6. The smallest absolute Gasteiger partial charge is 0.369 e. The summed E-state index contributed by atoms with van der Waals surface area (Å²) in [6.07, 6.45) is 3.55. The lowest BCUT2D eigenvalue weighted by atomic mass is 9.88. The van der Waals surface area contributed by atoms with Crippen LogP contribution in [-0.2, 0) is 6.18 Å². The second-order valence-corrected chi connectivity index (χ2v) is 6.48. The highest BCUT2D eigenvalue weighted by Crippen LogP contribution is 2.38. The van der Waals surface area contributed by atoms with Gasteiger partial charge in [0.15, 0.2) is 0 Å². The highest BCUT2D eigenvalue weighted by Gasteiger charge is 2.33. The lowest BCUT2D eigenvalue weighted by Gasteiger charge is -2.36. The first-order valence-electron chi connectivity index (χ1n) is 6.78. The van der Waals surface area contributed by atoms with Gasteiger partial charge in [-0.15, -0.1) is 0 Å². The SMILES string of the molecule is CSC1(CNc2cccc(C(F)(F)F)n2)CCCCC1. The minimum Gasteiger partial charge on any atom is -0.369 e. The summed E-state index contributed by atoms with van der Waals surface area (Å²) >= 11 is 1.81. The molecule has 2 nitrogen and oxygen atoms in total. The van der Waals surface area contributed by atoms with Gasteiger partial charge in [-0.05, 0) is 31.2 Å². The molecule has 6 heteroatoms. The second kappa shape index (κ2) is 6.24. The Balaban J connectivity index is 2.03. The molecule has 0 unspecified atom stereocenters. The zero-order chi connectivity index (χ0) is 14.6. The summed E-state index contributed by atoms with van der Waals surface area (Å²) in [7, 11) is 0. The fourth-order valence-electron chi connectivity index (χ4n) is 2.59. The standard InChI is InChI=1S/C14H19F3N2S/c1-20-13(8-3-2-4-9-13)10-18-12-7-5-6-11(19-12)14(15,16)17/h5-7H,2-4,8-10H2,1H3,(H,18,19). The maximum Gasteiger partial charge on any atom is 0.433 e. The molecule has 0 bridgehead atoms. The summed E-state index contributed by atoms with van der Waals surface area (Å²) < 4.78 is 38.0. The van der Waals surface area contributed by atoms with Crippen LogP contribution in [0.1, 0.15) is 37.8 Å². The van der Waals surface area contributed by atoms with Crippen molar-refractivity contribution < 1.29 is 13.2 Å². The molecule has 0 radical (unpaired) electrons. The first-order valence-corrected chi connectivity index (χ1v) is 8.01. The molecular weight excluding hydrogens is 285 g/mol. The number of hydrogen-bond acceptors (Lipinski definition) is 3. The molecule has 0 amide bonds. The van der Waals surface area contributed by atoms with E-state index in [1.807, 2.05) is 11.8 Å². The third-order valence-corrected chi connectivity index (χ3v) is 5.25. The molecular formula is C14H19F3N2S. The molecule has 0 saturated heterocycles. The highest BCUT2D eigenvalue weighted by atomic mass is 32.2. The van der Waals surface area contributed by atoms with Crippen molar-refractivity contribution in [2.24, 2.45) is 0 Å². The van der Waals surface area contributed by atoms with E-state index >= 15 is 0 Å². The summed E-state index contributed by atoms with van der Waals surface area (Å²) in [4.78, 5) is 3.65. The van der Waals surface area contributed by atoms with Gasteiger partial charge >= 0.3 is 6.18 Å². The minimum absolute atomic E-state index is 0.133. The second-order valence-electron chi connectivity index (χ2n) is 5.21. The quantitative estimate of drug-likeness (QED) is 0.881. The number of anilines is 1. The Bertz CT molecular complexity index is 442. The summed E-state index contributed by atoms with van der Waals surface area (Å²) in [5.74, 6) is 0.304. The van der Waals surface area contributed by atoms with Crippen molar-refractivity contribution in [2.75, 3.05) is 18.1 Å². The maximum atomic E-state index is 12.6. The first-order chi connectivity index (χ1) is 9.45. The van der Waals surface area contributed by atoms with Gasteiger partial charge in [0, 0.05) is 11.3 Å². The van der Waals surface area contributed by atoms with Gasteiger partial charge in [-0.2, -0.15) is 24.9 Å². The molecule has 0 aromatic carbocycles. The topological polar surface area (TPSA) is 24.9 Å². The van der Waals surface area contributed by atoms with Crippen molar-refractivity contribution in [1.82, 2.24) is 4.98 Å². The summed E-state index contributed by atoms with van der Waals surface area (Å²) in [5.41, 5.74) is -0.843. The van der Waals surface area contributed by atoms with Crippen LogP contribution in [0.25, 0.3) is 0 Å². The van der Waals surface area contributed by atoms with E-state index in [2.05, 4.69) is 16.6 Å². The van der Waals surface area contributed by atoms with Gasteiger partial charge in [0.25, 0.3) is 0 Å². The van der Waals surface area contributed by atoms with E-state index in [1.54, 1.807) is 6.07 Å². The van der Waals surface area contributed by atoms with E-state index in [-0.39, 0.29) is 4.75 Å². The Morgan fingerprint density at radius 2 is 1.95 bits per heavy atom. The van der Waals surface area contributed by atoms with Crippen LogP contribution in [0.2, 0.25) is 0 Å². The number of halogens is 3. The number of nitrogens with zero attached hydrogens (tertiary/aromatic N) is 1. The molecule has 2 rings (SSSR count). The molecule has 1 aliphatic carbocycles. The molecule has 0 atom stereocenters. The predicted octanol–water partition coefficient (Wildman–Crippen LogP) is 4.58. The number of hydrogen-bond donors (Lipinski definition) is 1. The third-order valence-electron chi connectivity index (χ3n) is 3.83. The molecule has 1 saturated carbocycles. The van der Waals surface area contributed by atoms with E-state index in [0.717, 1.165) is 18.9 Å². The fraction of sp³-hybridized carbons (Fsp3) is 0.643. The summed E-state index contributed by atoms with van der Waals surface area (Å²) in [6, 6.07) is 3.98. The van der Waals surface area contributed by atoms with Crippen LogP contribution >= 0.6 is 11.8 Å². The van der Waals surface area contributed by atoms with Crippen LogP contribution in [0.4, 0.5) is 19.0 Å². The zero-order valence-electron chi connectivity index (χ0n) is 11.5. The van der Waals surface area contributed by atoms with Gasteiger partial charge in [-0.3, -0.25) is 0 Å². The fourth-order valence-corrected chi connectivity index (χ4v) is 3.51. The summed E-state index contributed by atoms with van der Waals surface area (Å²) in [6.45, 7) is 0.669. The normalized spacial score (nSPS) is 18.8. The first kappa shape index (κ1) is 15.5. The van der Waals surface area contributed by atoms with Gasteiger partial charge in [0.2, 0.25) is 0 Å². The minimum atomic E-state index is -4.39. The summed E-state index contributed by atoms with van der Waals surface area (Å²) in [5, 5.41) is 3.09. The van der Waals surface area contributed by atoms with Crippen molar-refractivity contribution in [3.8, 4) is 0 Å². The number of pyridine rings is 1. The third kappa shape index (κ3) is 3.81. The van der Waals surface area contributed by atoms with Crippen LogP contribution < -0.4 is 5.32 Å². The molecule has 1 N–H and O–H groups in total. The van der Waals surface area contributed by atoms with Gasteiger partial charge < -0.3 is 5.32 Å². The van der Waals surface area contributed by atoms with Crippen LogP contribution in [0, 0.1) is 0 Å². The van der Waals surface area contributed by atoms with Crippen LogP contribution in [0.5, 0.6) is 0 Å². The van der Waals surface area contributed by atoms with Crippen molar-refractivity contribution in [1.29, 1.82) is 0 Å². The number of thioether (sulfide) groups is 1. The van der Waals surface area contributed by atoms with Gasteiger partial charge in [-0.1, -0.05) is 25.3 Å². The van der Waals surface area contributed by atoms with E-state index in [9.17, 15) is 13.2 Å². The number of aromatic nitrogens is 1.